The molecule has 0 amide bonds. The average molecular weight is 1190 g/mol. The smallest absolute Gasteiger partial charge is 0.0622 e. The second-order valence-corrected chi connectivity index (χ2v) is 27.2. The summed E-state index contributed by atoms with van der Waals surface area (Å²) in [5.41, 5.74) is 12.4. The molecule has 11 aromatic rings. The third-order valence-electron chi connectivity index (χ3n) is 14.5. The molecule has 0 heterocycles. The van der Waals surface area contributed by atoms with Crippen molar-refractivity contribution in [2.45, 2.75) is 152 Å². The highest BCUT2D eigenvalue weighted by molar-refractivity contribution is 5.81. The fourth-order valence-electron chi connectivity index (χ4n) is 9.72. The van der Waals surface area contributed by atoms with Crippen LogP contribution in [0.1, 0.15) is 179 Å². The van der Waals surface area contributed by atoms with Crippen LogP contribution in [0.5, 0.6) is 0 Å². The molecule has 0 fully saturated rings. The van der Waals surface area contributed by atoms with Crippen molar-refractivity contribution in [3.63, 3.8) is 0 Å². The topological polar surface area (TPSA) is 0 Å². The molecule has 11 rings (SSSR count). The van der Waals surface area contributed by atoms with Crippen LogP contribution in [0.2, 0.25) is 0 Å². The van der Waals surface area contributed by atoms with Crippen LogP contribution < -0.4 is 0 Å². The lowest BCUT2D eigenvalue weighted by Gasteiger charge is -2.27. The Morgan fingerprint density at radius 3 is 1.06 bits per heavy atom. The summed E-state index contributed by atoms with van der Waals surface area (Å²) in [6.45, 7) is 35.8. The Bertz CT molecular complexity index is 4900. The Morgan fingerprint density at radius 1 is 0.247 bits per heavy atom. The lowest BCUT2D eigenvalue weighted by atomic mass is 9.77. The molecule has 0 heteroatoms. The molecule has 0 aliphatic heterocycles. The molecular weight excluding hydrogens is 1070 g/mol. The molecular formula is C89H100. The van der Waals surface area contributed by atoms with Gasteiger partial charge in [-0.3, -0.25) is 0 Å². The van der Waals surface area contributed by atoms with E-state index in [1.807, 2.05) is 62.3 Å². The summed E-state index contributed by atoms with van der Waals surface area (Å²) in [6, 6.07) is 43.4. The zero-order valence-electron chi connectivity index (χ0n) is 77.4. The second-order valence-electron chi connectivity index (χ2n) is 27.2. The predicted molar refractivity (Wildman–Crippen MR) is 393 cm³/mol. The largest absolute Gasteiger partial charge is 0.0632 e. The summed E-state index contributed by atoms with van der Waals surface area (Å²) in [5.74, 6) is 0. The zero-order valence-corrected chi connectivity index (χ0v) is 55.4. The van der Waals surface area contributed by atoms with E-state index in [0.29, 0.717) is 44.4 Å². The van der Waals surface area contributed by atoms with Crippen molar-refractivity contribution in [3.8, 4) is 66.8 Å². The maximum absolute atomic E-state index is 8.52. The molecule has 11 aromatic carbocycles. The molecule has 0 atom stereocenters. The Hall–Kier alpha value is -8.58. The standard InChI is InChI=1S/2C23H24.C22H22.C11H16.C10H14/c1-17-9-8-12-19(13-17)21-14-20(18-10-6-5-7-11-18)15-22(16-21)23(2,3)4;1-17-13-15-19(16-14-17)21-12-8-11-20(22(21)23(2,3)4)18-9-6-5-7-10-18;1-22(2,3)21-15-19(17-10-6-4-7-11-17)14-20(16-21)18-12-8-5-9-13-18;1-9-7-5-6-8-10(9)11(2,3)4;1-10(2,3)9-7-5-4-6-8-9/h2*5-16H,1-4H3;4-16H,1-3H3;5-8H,1-4H3;4-8H,1-3H3/i5D,6D,7D,8D,9D,10D,11D,12D,13D;5D,6D,7D,9D,10D,13D,14D,15D,16D;;5D,6D,7D,8D;. The third-order valence-corrected chi connectivity index (χ3v) is 14.5. The number of hydrogen-bond acceptors (Lipinski definition) is 0. The summed E-state index contributed by atoms with van der Waals surface area (Å²) >= 11 is 0. The van der Waals surface area contributed by atoms with Crippen LogP contribution in [0.15, 0.2) is 279 Å². The van der Waals surface area contributed by atoms with E-state index in [4.69, 9.17) is 30.2 Å². The van der Waals surface area contributed by atoms with Gasteiger partial charge in [-0.2, -0.15) is 0 Å². The minimum atomic E-state index is -0.608. The van der Waals surface area contributed by atoms with Crippen molar-refractivity contribution >= 4 is 0 Å². The maximum Gasteiger partial charge on any atom is 0.0632 e. The van der Waals surface area contributed by atoms with Crippen LogP contribution in [0.3, 0.4) is 0 Å². The van der Waals surface area contributed by atoms with Gasteiger partial charge in [0.1, 0.15) is 0 Å². The highest BCUT2D eigenvalue weighted by Gasteiger charge is 2.24. The first-order valence-corrected chi connectivity index (χ1v) is 30.2. The Morgan fingerprint density at radius 2 is 0.629 bits per heavy atom. The lowest BCUT2D eigenvalue weighted by molar-refractivity contribution is 0.586. The molecule has 0 nitrogen and oxygen atoms in total. The SMILES string of the molecule is CC(C)(C)c1cc(-c2ccccc2)cc(-c2ccccc2)c1.CC(C)(C)c1ccccc1.[2H]c1c([2H])c([2H])c(-c2cc(-c3c([2H])c([2H])c([2H])c(C)c3[2H])cc(C(C)(C)C)c2)c([2H])c1[2H].[2H]c1c([2H])c([2H])c(-c2cccc(-c3c([2H])c([2H])c(C)c([2H])c3[2H])c2C(C)(C)C)c([2H])c1[2H].[2H]c1c([2H])c([2H])c(C(C)(C)C)c(C)c1[2H]. The van der Waals surface area contributed by atoms with Gasteiger partial charge in [0.25, 0.3) is 0 Å². The van der Waals surface area contributed by atoms with Gasteiger partial charge >= 0.3 is 0 Å². The number of hydrogen-bond donors (Lipinski definition) is 0. The van der Waals surface area contributed by atoms with Crippen molar-refractivity contribution in [1.82, 2.24) is 0 Å². The molecule has 89 heavy (non-hydrogen) atoms. The highest BCUT2D eigenvalue weighted by atomic mass is 14.3. The van der Waals surface area contributed by atoms with Crippen LogP contribution in [-0.4, -0.2) is 0 Å². The van der Waals surface area contributed by atoms with Crippen LogP contribution in [0.25, 0.3) is 66.8 Å². The van der Waals surface area contributed by atoms with E-state index < -0.39 is 41.7 Å². The molecule has 0 aromatic heterocycles. The second kappa shape index (κ2) is 30.1. The maximum atomic E-state index is 8.52. The summed E-state index contributed by atoms with van der Waals surface area (Å²) in [7, 11) is 0. The van der Waals surface area contributed by atoms with Gasteiger partial charge in [-0.05, 0) is 160 Å². The summed E-state index contributed by atoms with van der Waals surface area (Å²) < 4.78 is 179. The molecule has 0 saturated carbocycles. The van der Waals surface area contributed by atoms with Crippen LogP contribution in [0.4, 0.5) is 0 Å². The van der Waals surface area contributed by atoms with Gasteiger partial charge in [0.2, 0.25) is 0 Å². The molecule has 0 bridgehead atoms. The van der Waals surface area contributed by atoms with Crippen molar-refractivity contribution in [2.75, 3.05) is 0 Å². The first kappa shape index (κ1) is 43.2. The van der Waals surface area contributed by atoms with E-state index >= 15 is 0 Å². The molecule has 456 valence electrons. The molecule has 0 spiro atoms. The lowest BCUT2D eigenvalue weighted by Crippen LogP contribution is -2.14. The van der Waals surface area contributed by atoms with Gasteiger partial charge in [0.05, 0.1) is 30.2 Å². The minimum absolute atomic E-state index is 0.0333. The number of rotatable bonds is 6. The van der Waals surface area contributed by atoms with Gasteiger partial charge in [-0.25, -0.2) is 0 Å². The van der Waals surface area contributed by atoms with Crippen molar-refractivity contribution in [2.24, 2.45) is 0 Å². The van der Waals surface area contributed by atoms with E-state index in [1.54, 1.807) is 50.2 Å². The Balaban J connectivity index is 0.000000203. The highest BCUT2D eigenvalue weighted by Crippen LogP contribution is 2.41. The zero-order chi connectivity index (χ0) is 83.7. The molecule has 0 aliphatic carbocycles. The van der Waals surface area contributed by atoms with Gasteiger partial charge in [-0.15, -0.1) is 0 Å². The van der Waals surface area contributed by atoms with Crippen LogP contribution in [0, 0.1) is 20.8 Å². The number of benzene rings is 11. The van der Waals surface area contributed by atoms with Crippen molar-refractivity contribution < 1.29 is 30.2 Å². The van der Waals surface area contributed by atoms with Gasteiger partial charge in [0, 0.05) is 0 Å². The first-order valence-electron chi connectivity index (χ1n) is 41.2. The van der Waals surface area contributed by atoms with Crippen LogP contribution >= 0.6 is 0 Å². The van der Waals surface area contributed by atoms with Gasteiger partial charge in [0.15, 0.2) is 0 Å². The first-order chi connectivity index (χ1) is 51.2. The van der Waals surface area contributed by atoms with Crippen molar-refractivity contribution in [1.29, 1.82) is 0 Å². The van der Waals surface area contributed by atoms with E-state index in [9.17, 15) is 0 Å². The van der Waals surface area contributed by atoms with Crippen LogP contribution in [-0.2, 0) is 27.1 Å². The summed E-state index contributed by atoms with van der Waals surface area (Å²) in [6.07, 6.45) is 0. The molecule has 0 saturated heterocycles. The Kier molecular flexibility index (Phi) is 14.6. The predicted octanol–water partition coefficient (Wildman–Crippen LogP) is 25.8. The normalized spacial score (nSPS) is 14.9. The third kappa shape index (κ3) is 20.0. The van der Waals surface area contributed by atoms with E-state index in [-0.39, 0.29) is 146 Å². The quantitative estimate of drug-likeness (QED) is 0.156. The summed E-state index contributed by atoms with van der Waals surface area (Å²) in [5, 5.41) is 0. The fraction of sp³-hybridized carbons (Fsp3) is 0.258. The van der Waals surface area contributed by atoms with Gasteiger partial charge in [-0.1, -0.05) is 381 Å². The molecule has 0 radical (unpaired) electrons. The van der Waals surface area contributed by atoms with E-state index in [2.05, 4.69) is 151 Å². The van der Waals surface area contributed by atoms with E-state index in [1.165, 1.54) is 40.3 Å². The van der Waals surface area contributed by atoms with Gasteiger partial charge < -0.3 is 0 Å². The Labute approximate surface area is 569 Å². The molecule has 0 unspecified atom stereocenters. The minimum Gasteiger partial charge on any atom is -0.0622 e. The monoisotopic (exact) mass is 1190 g/mol. The summed E-state index contributed by atoms with van der Waals surface area (Å²) in [4.78, 5) is 0. The molecule has 0 N–H and O–H groups in total. The average Bonchev–Trinajstić information content (AvgIpc) is 0.741. The fourth-order valence-corrected chi connectivity index (χ4v) is 9.72. The van der Waals surface area contributed by atoms with Crippen molar-refractivity contribution in [3.05, 3.63) is 323 Å². The van der Waals surface area contributed by atoms with E-state index in [0.717, 1.165) is 5.56 Å². The molecule has 0 aliphatic rings.